The smallest absolute Gasteiger partial charge is 0.0507 e. The Morgan fingerprint density at radius 2 is 1.57 bits per heavy atom. The molecule has 0 spiro atoms. The van der Waals surface area contributed by atoms with E-state index in [0.717, 1.165) is 6.42 Å². The molecule has 0 saturated heterocycles. The van der Waals surface area contributed by atoms with Gasteiger partial charge in [-0.15, -0.1) is 0 Å². The fraction of sp³-hybridized carbons (Fsp3) is 0.231. The van der Waals surface area contributed by atoms with Gasteiger partial charge in [0.1, 0.15) is 0 Å². The number of allylic oxidation sites excluding steroid dienone is 2. The normalized spacial score (nSPS) is 14.9. The molecule has 1 nitrogen and oxygen atoms in total. The topological polar surface area (TPSA) is 3.24 Å². The molecule has 0 bridgehead atoms. The van der Waals surface area contributed by atoms with E-state index >= 15 is 0 Å². The molecular formula is C13H15N. The molecule has 1 aromatic carbocycles. The summed E-state index contributed by atoms with van der Waals surface area (Å²) in [5, 5.41) is 0. The van der Waals surface area contributed by atoms with Crippen molar-refractivity contribution in [1.29, 1.82) is 0 Å². The molecule has 0 aromatic heterocycles. The van der Waals surface area contributed by atoms with Crippen molar-refractivity contribution in [2.75, 3.05) is 4.90 Å². The molecule has 0 radical (unpaired) electrons. The van der Waals surface area contributed by atoms with Crippen molar-refractivity contribution in [2.45, 2.75) is 20.3 Å². The lowest BCUT2D eigenvalue weighted by Crippen LogP contribution is -2.11. The molecule has 0 aliphatic carbocycles. The van der Waals surface area contributed by atoms with Crippen LogP contribution in [0.25, 0.3) is 0 Å². The summed E-state index contributed by atoms with van der Waals surface area (Å²) in [5.74, 6) is 0. The molecule has 2 rings (SSSR count). The SMILES string of the molecule is Cc1cccc(C)c1N1C=CCC=C1. The third-order valence-corrected chi connectivity index (χ3v) is 2.50. The van der Waals surface area contributed by atoms with Crippen molar-refractivity contribution in [3.05, 3.63) is 53.9 Å². The van der Waals surface area contributed by atoms with Crippen LogP contribution in [0.5, 0.6) is 0 Å². The third kappa shape index (κ3) is 1.58. The average Bonchev–Trinajstić information content (AvgIpc) is 2.19. The van der Waals surface area contributed by atoms with E-state index in [9.17, 15) is 0 Å². The Bertz CT molecular complexity index is 356. The summed E-state index contributed by atoms with van der Waals surface area (Å²) in [6.45, 7) is 4.30. The van der Waals surface area contributed by atoms with Crippen LogP contribution in [0.1, 0.15) is 17.5 Å². The molecule has 1 heteroatoms. The predicted octanol–water partition coefficient (Wildman–Crippen LogP) is 3.54. The third-order valence-electron chi connectivity index (χ3n) is 2.50. The summed E-state index contributed by atoms with van der Waals surface area (Å²) in [7, 11) is 0. The maximum Gasteiger partial charge on any atom is 0.0507 e. The molecule has 72 valence electrons. The second kappa shape index (κ2) is 3.70. The quantitative estimate of drug-likeness (QED) is 0.646. The second-order valence-corrected chi connectivity index (χ2v) is 3.65. The summed E-state index contributed by atoms with van der Waals surface area (Å²) < 4.78 is 0. The first-order valence-corrected chi connectivity index (χ1v) is 4.97. The van der Waals surface area contributed by atoms with Crippen LogP contribution in [0.3, 0.4) is 0 Å². The molecule has 1 heterocycles. The van der Waals surface area contributed by atoms with E-state index in [1.807, 2.05) is 0 Å². The van der Waals surface area contributed by atoms with E-state index in [0.29, 0.717) is 0 Å². The van der Waals surface area contributed by atoms with E-state index < -0.39 is 0 Å². The number of aryl methyl sites for hydroxylation is 2. The van der Waals surface area contributed by atoms with Crippen LogP contribution < -0.4 is 4.90 Å². The molecule has 1 aliphatic heterocycles. The van der Waals surface area contributed by atoms with Gasteiger partial charge in [0.15, 0.2) is 0 Å². The van der Waals surface area contributed by atoms with Gasteiger partial charge in [0.25, 0.3) is 0 Å². The molecule has 0 saturated carbocycles. The van der Waals surface area contributed by atoms with Gasteiger partial charge in [-0.25, -0.2) is 0 Å². The van der Waals surface area contributed by atoms with Gasteiger partial charge in [-0.1, -0.05) is 30.4 Å². The first kappa shape index (κ1) is 9.07. The van der Waals surface area contributed by atoms with E-state index in [2.05, 4.69) is 61.5 Å². The highest BCUT2D eigenvalue weighted by molar-refractivity contribution is 5.63. The number of benzene rings is 1. The zero-order valence-corrected chi connectivity index (χ0v) is 8.70. The Hall–Kier alpha value is -1.50. The van der Waals surface area contributed by atoms with Crippen LogP contribution in [0.15, 0.2) is 42.8 Å². The van der Waals surface area contributed by atoms with Crippen molar-refractivity contribution in [3.63, 3.8) is 0 Å². The van der Waals surface area contributed by atoms with Crippen LogP contribution in [0.4, 0.5) is 5.69 Å². The number of rotatable bonds is 1. The van der Waals surface area contributed by atoms with Gasteiger partial charge < -0.3 is 4.90 Å². The Morgan fingerprint density at radius 3 is 2.14 bits per heavy atom. The van der Waals surface area contributed by atoms with E-state index in [1.54, 1.807) is 0 Å². The Morgan fingerprint density at radius 1 is 1.00 bits per heavy atom. The lowest BCUT2D eigenvalue weighted by Gasteiger charge is -2.22. The Labute approximate surface area is 85.4 Å². The van der Waals surface area contributed by atoms with Crippen molar-refractivity contribution >= 4 is 5.69 Å². The Balaban J connectivity index is 2.44. The van der Waals surface area contributed by atoms with Gasteiger partial charge in [0, 0.05) is 12.4 Å². The molecule has 1 aromatic rings. The van der Waals surface area contributed by atoms with Crippen molar-refractivity contribution in [2.24, 2.45) is 0 Å². The maximum atomic E-state index is 2.19. The summed E-state index contributed by atoms with van der Waals surface area (Å²) >= 11 is 0. The van der Waals surface area contributed by atoms with Gasteiger partial charge in [-0.3, -0.25) is 0 Å². The molecule has 1 aliphatic rings. The molecule has 0 atom stereocenters. The summed E-state index contributed by atoms with van der Waals surface area (Å²) in [5.41, 5.74) is 3.95. The zero-order chi connectivity index (χ0) is 9.97. The fourth-order valence-electron chi connectivity index (χ4n) is 1.84. The largest absolute Gasteiger partial charge is 0.324 e. The molecule has 0 fully saturated rings. The standard InChI is InChI=1S/C13H15N/c1-11-7-6-8-12(2)13(11)14-9-4-3-5-10-14/h4-10H,3H2,1-2H3. The molecule has 14 heavy (non-hydrogen) atoms. The molecule has 0 unspecified atom stereocenters. The fourth-order valence-corrected chi connectivity index (χ4v) is 1.84. The zero-order valence-electron chi connectivity index (χ0n) is 8.70. The number of anilines is 1. The Kier molecular flexibility index (Phi) is 2.40. The van der Waals surface area contributed by atoms with Crippen LogP contribution in [-0.2, 0) is 0 Å². The first-order chi connectivity index (χ1) is 6.79. The minimum atomic E-state index is 1.04. The maximum absolute atomic E-state index is 2.19. The summed E-state index contributed by atoms with van der Waals surface area (Å²) in [6, 6.07) is 6.41. The number of nitrogens with zero attached hydrogens (tertiary/aromatic N) is 1. The van der Waals surface area contributed by atoms with E-state index in [-0.39, 0.29) is 0 Å². The van der Waals surface area contributed by atoms with E-state index in [4.69, 9.17) is 0 Å². The van der Waals surface area contributed by atoms with Crippen LogP contribution >= 0.6 is 0 Å². The monoisotopic (exact) mass is 185 g/mol. The second-order valence-electron chi connectivity index (χ2n) is 3.65. The average molecular weight is 185 g/mol. The lowest BCUT2D eigenvalue weighted by atomic mass is 10.1. The highest BCUT2D eigenvalue weighted by Crippen LogP contribution is 2.26. The van der Waals surface area contributed by atoms with Gasteiger partial charge in [-0.2, -0.15) is 0 Å². The minimum absolute atomic E-state index is 1.04. The van der Waals surface area contributed by atoms with Crippen molar-refractivity contribution in [3.8, 4) is 0 Å². The van der Waals surface area contributed by atoms with Crippen molar-refractivity contribution in [1.82, 2.24) is 0 Å². The highest BCUT2D eigenvalue weighted by Gasteiger charge is 2.07. The lowest BCUT2D eigenvalue weighted by molar-refractivity contribution is 1.15. The molecule has 0 N–H and O–H groups in total. The van der Waals surface area contributed by atoms with E-state index in [1.165, 1.54) is 16.8 Å². The number of hydrogen-bond acceptors (Lipinski definition) is 1. The minimum Gasteiger partial charge on any atom is -0.324 e. The van der Waals surface area contributed by atoms with Crippen molar-refractivity contribution < 1.29 is 0 Å². The summed E-state index contributed by atoms with van der Waals surface area (Å²) in [6.07, 6.45) is 9.66. The van der Waals surface area contributed by atoms with Gasteiger partial charge in [-0.05, 0) is 31.4 Å². The van der Waals surface area contributed by atoms with Crippen LogP contribution in [0, 0.1) is 13.8 Å². The number of para-hydroxylation sites is 1. The van der Waals surface area contributed by atoms with Gasteiger partial charge in [0.05, 0.1) is 5.69 Å². The summed E-state index contributed by atoms with van der Waals surface area (Å²) in [4.78, 5) is 2.19. The number of hydrogen-bond donors (Lipinski definition) is 0. The van der Waals surface area contributed by atoms with Gasteiger partial charge in [0.2, 0.25) is 0 Å². The highest BCUT2D eigenvalue weighted by atomic mass is 15.1. The molecule has 0 amide bonds. The first-order valence-electron chi connectivity index (χ1n) is 4.97. The van der Waals surface area contributed by atoms with Crippen LogP contribution in [-0.4, -0.2) is 0 Å². The predicted molar refractivity (Wildman–Crippen MR) is 61.3 cm³/mol. The van der Waals surface area contributed by atoms with Gasteiger partial charge >= 0.3 is 0 Å². The molecular weight excluding hydrogens is 170 g/mol. The van der Waals surface area contributed by atoms with Crippen LogP contribution in [0.2, 0.25) is 0 Å².